The molecule has 0 unspecified atom stereocenters. The molecule has 3 aromatic rings. The molecule has 0 saturated carbocycles. The molecule has 0 radical (unpaired) electrons. The van der Waals surface area contributed by atoms with E-state index in [0.29, 0.717) is 25.1 Å². The highest BCUT2D eigenvalue weighted by Gasteiger charge is 2.46. The van der Waals surface area contributed by atoms with E-state index in [1.807, 2.05) is 86.6 Å². The van der Waals surface area contributed by atoms with Crippen LogP contribution in [0.2, 0.25) is 0 Å². The van der Waals surface area contributed by atoms with Crippen molar-refractivity contribution in [3.63, 3.8) is 0 Å². The molecule has 0 fully saturated rings. The van der Waals surface area contributed by atoms with Crippen molar-refractivity contribution in [2.75, 3.05) is 7.11 Å². The lowest BCUT2D eigenvalue weighted by Crippen LogP contribution is -2.62. The van der Waals surface area contributed by atoms with Crippen molar-refractivity contribution in [3.8, 4) is 5.75 Å². The minimum Gasteiger partial charge on any atom is -0.497 e. The number of aryl methyl sites for hydroxylation is 1. The number of hydrogen-bond acceptors (Lipinski definition) is 3. The summed E-state index contributed by atoms with van der Waals surface area (Å²) in [5, 5.41) is 3.05. The van der Waals surface area contributed by atoms with E-state index in [0.717, 1.165) is 28.0 Å². The van der Waals surface area contributed by atoms with Crippen molar-refractivity contribution in [1.29, 1.82) is 0 Å². The fourth-order valence-corrected chi connectivity index (χ4v) is 4.16. The predicted molar refractivity (Wildman–Crippen MR) is 124 cm³/mol. The maximum absolute atomic E-state index is 13.5. The zero-order valence-electron chi connectivity index (χ0n) is 18.7. The Bertz CT molecular complexity index is 1120. The van der Waals surface area contributed by atoms with E-state index in [2.05, 4.69) is 5.32 Å². The van der Waals surface area contributed by atoms with Crippen molar-refractivity contribution >= 4 is 11.8 Å². The van der Waals surface area contributed by atoms with Crippen LogP contribution in [0.25, 0.3) is 0 Å². The van der Waals surface area contributed by atoms with Crippen LogP contribution in [0.1, 0.15) is 39.5 Å². The van der Waals surface area contributed by atoms with Crippen LogP contribution >= 0.6 is 0 Å². The highest BCUT2D eigenvalue weighted by atomic mass is 16.5. The van der Waals surface area contributed by atoms with Crippen molar-refractivity contribution in [3.05, 3.63) is 101 Å². The molecular formula is C27H28N2O3. The Kier molecular flexibility index (Phi) is 5.99. The number of fused-ring (bicyclic) bond motifs is 1. The number of carbonyl (C=O) groups is 2. The number of carbonyl (C=O) groups excluding carboxylic acids is 2. The van der Waals surface area contributed by atoms with Gasteiger partial charge in [0.15, 0.2) is 0 Å². The molecule has 1 atom stereocenters. The monoisotopic (exact) mass is 428 g/mol. The van der Waals surface area contributed by atoms with Gasteiger partial charge in [0.25, 0.3) is 5.91 Å². The van der Waals surface area contributed by atoms with Crippen LogP contribution in [0.3, 0.4) is 0 Å². The van der Waals surface area contributed by atoms with Gasteiger partial charge in [0.2, 0.25) is 5.91 Å². The lowest BCUT2D eigenvalue weighted by Gasteiger charge is -2.44. The van der Waals surface area contributed by atoms with Crippen molar-refractivity contribution in [2.45, 2.75) is 38.9 Å². The minimum absolute atomic E-state index is 0.116. The van der Waals surface area contributed by atoms with E-state index < -0.39 is 5.54 Å². The van der Waals surface area contributed by atoms with Crippen LogP contribution in [0.15, 0.2) is 72.8 Å². The van der Waals surface area contributed by atoms with Gasteiger partial charge in [-0.05, 0) is 48.7 Å². The molecule has 1 aliphatic rings. The summed E-state index contributed by atoms with van der Waals surface area (Å²) >= 11 is 0. The maximum atomic E-state index is 13.5. The normalized spacial score (nSPS) is 17.6. The fraction of sp³-hybridized carbons (Fsp3) is 0.259. The molecule has 5 heteroatoms. The molecule has 2 amide bonds. The molecule has 0 aromatic heterocycles. The zero-order valence-corrected chi connectivity index (χ0v) is 18.7. The van der Waals surface area contributed by atoms with Crippen LogP contribution in [-0.4, -0.2) is 29.4 Å². The first-order valence-electron chi connectivity index (χ1n) is 10.8. The molecule has 164 valence electrons. The van der Waals surface area contributed by atoms with Gasteiger partial charge in [-0.2, -0.15) is 0 Å². The van der Waals surface area contributed by atoms with E-state index in [-0.39, 0.29) is 11.8 Å². The second-order valence-electron chi connectivity index (χ2n) is 8.52. The van der Waals surface area contributed by atoms with Crippen LogP contribution in [0.5, 0.6) is 5.75 Å². The first-order chi connectivity index (χ1) is 15.4. The highest BCUT2D eigenvalue weighted by Crippen LogP contribution is 2.33. The van der Waals surface area contributed by atoms with E-state index in [1.165, 1.54) is 0 Å². The number of amides is 2. The summed E-state index contributed by atoms with van der Waals surface area (Å²) in [5.74, 6) is 0.489. The summed E-state index contributed by atoms with van der Waals surface area (Å²) in [7, 11) is 1.62. The van der Waals surface area contributed by atoms with E-state index in [4.69, 9.17) is 4.74 Å². The Morgan fingerprint density at radius 2 is 1.66 bits per heavy atom. The van der Waals surface area contributed by atoms with E-state index in [1.54, 1.807) is 12.0 Å². The Morgan fingerprint density at radius 1 is 1.00 bits per heavy atom. The largest absolute Gasteiger partial charge is 0.497 e. The smallest absolute Gasteiger partial charge is 0.255 e. The van der Waals surface area contributed by atoms with Gasteiger partial charge in [-0.3, -0.25) is 9.59 Å². The summed E-state index contributed by atoms with van der Waals surface area (Å²) < 4.78 is 5.20. The highest BCUT2D eigenvalue weighted by molar-refractivity contribution is 6.02. The van der Waals surface area contributed by atoms with Gasteiger partial charge in [-0.25, -0.2) is 0 Å². The predicted octanol–water partition coefficient (Wildman–Crippen LogP) is 4.28. The fourth-order valence-electron chi connectivity index (χ4n) is 4.16. The van der Waals surface area contributed by atoms with Gasteiger partial charge in [0.05, 0.1) is 7.11 Å². The minimum atomic E-state index is -0.997. The van der Waals surface area contributed by atoms with Crippen LogP contribution in [0.4, 0.5) is 0 Å². The molecule has 5 nitrogen and oxygen atoms in total. The average Bonchev–Trinajstić information content (AvgIpc) is 2.81. The summed E-state index contributed by atoms with van der Waals surface area (Å²) in [6, 6.07) is 23.2. The van der Waals surface area contributed by atoms with Gasteiger partial charge in [-0.15, -0.1) is 0 Å². The van der Waals surface area contributed by atoms with Gasteiger partial charge in [0, 0.05) is 25.1 Å². The Hall–Kier alpha value is -3.60. The lowest BCUT2D eigenvalue weighted by atomic mass is 9.82. The van der Waals surface area contributed by atoms with Gasteiger partial charge in [0.1, 0.15) is 11.3 Å². The third-order valence-corrected chi connectivity index (χ3v) is 6.19. The SMILES string of the molecule is COc1ccc(CNC(=O)[C@]2(C)Cc3ccccc3C(=O)N2Cc2ccc(C)cc2)cc1. The molecule has 1 aliphatic heterocycles. The third kappa shape index (κ3) is 4.24. The summed E-state index contributed by atoms with van der Waals surface area (Å²) in [6.45, 7) is 4.65. The number of rotatable bonds is 6. The molecule has 4 rings (SSSR count). The standard InChI is InChI=1S/C27H28N2O3/c1-19-8-10-21(11-9-19)18-29-25(30)24-7-5-4-6-22(24)16-27(29,2)26(31)28-17-20-12-14-23(32-3)15-13-20/h4-15H,16-18H2,1-3H3,(H,28,31)/t27-/m0/s1. The lowest BCUT2D eigenvalue weighted by molar-refractivity contribution is -0.132. The average molecular weight is 429 g/mol. The quantitative estimate of drug-likeness (QED) is 0.638. The molecule has 1 N–H and O–H groups in total. The van der Waals surface area contributed by atoms with Gasteiger partial charge >= 0.3 is 0 Å². The molecule has 0 aliphatic carbocycles. The van der Waals surface area contributed by atoms with Crippen molar-refractivity contribution in [2.24, 2.45) is 0 Å². The second-order valence-corrected chi connectivity index (χ2v) is 8.52. The maximum Gasteiger partial charge on any atom is 0.255 e. The van der Waals surface area contributed by atoms with E-state index in [9.17, 15) is 9.59 Å². The molecule has 3 aromatic carbocycles. The van der Waals surface area contributed by atoms with Crippen molar-refractivity contribution in [1.82, 2.24) is 10.2 Å². The topological polar surface area (TPSA) is 58.6 Å². The van der Waals surface area contributed by atoms with Crippen LogP contribution in [-0.2, 0) is 24.3 Å². The molecule has 32 heavy (non-hydrogen) atoms. The molecule has 0 saturated heterocycles. The van der Waals surface area contributed by atoms with Crippen LogP contribution in [0, 0.1) is 6.92 Å². The zero-order chi connectivity index (χ0) is 22.7. The Labute approximate surface area is 189 Å². The first kappa shape index (κ1) is 21.6. The summed E-state index contributed by atoms with van der Waals surface area (Å²) in [6.07, 6.45) is 0.467. The molecule has 1 heterocycles. The summed E-state index contributed by atoms with van der Waals surface area (Å²) in [4.78, 5) is 28.7. The number of nitrogens with zero attached hydrogens (tertiary/aromatic N) is 1. The Morgan fingerprint density at radius 3 is 2.34 bits per heavy atom. The summed E-state index contributed by atoms with van der Waals surface area (Å²) in [5.41, 5.74) is 3.69. The van der Waals surface area contributed by atoms with Gasteiger partial charge in [-0.1, -0.05) is 60.2 Å². The van der Waals surface area contributed by atoms with Crippen LogP contribution < -0.4 is 10.1 Å². The number of nitrogens with one attached hydrogen (secondary N) is 1. The van der Waals surface area contributed by atoms with Gasteiger partial charge < -0.3 is 15.0 Å². The number of benzene rings is 3. The number of hydrogen-bond donors (Lipinski definition) is 1. The second kappa shape index (κ2) is 8.87. The molecule has 0 spiro atoms. The third-order valence-electron chi connectivity index (χ3n) is 6.19. The van der Waals surface area contributed by atoms with Crippen molar-refractivity contribution < 1.29 is 14.3 Å². The van der Waals surface area contributed by atoms with E-state index >= 15 is 0 Å². The molecule has 0 bridgehead atoms. The number of ether oxygens (including phenoxy) is 1. The number of methoxy groups -OCH3 is 1. The molecular weight excluding hydrogens is 400 g/mol. The first-order valence-corrected chi connectivity index (χ1v) is 10.8. The Balaban J connectivity index is 1.61.